The van der Waals surface area contributed by atoms with Crippen LogP contribution in [-0.4, -0.2) is 41.4 Å². The Morgan fingerprint density at radius 1 is 1.29 bits per heavy atom. The van der Waals surface area contributed by atoms with Crippen LogP contribution >= 0.6 is 0 Å². The monoisotopic (exact) mass is 197 g/mol. The van der Waals surface area contributed by atoms with E-state index in [1.165, 1.54) is 0 Å². The van der Waals surface area contributed by atoms with Crippen LogP contribution in [0.15, 0.2) is 18.5 Å². The van der Waals surface area contributed by atoms with Crippen LogP contribution in [0.2, 0.25) is 0 Å². The molecule has 14 heavy (non-hydrogen) atoms. The third-order valence-corrected chi connectivity index (χ3v) is 1.55. The Bertz CT molecular complexity index is 231. The molecule has 0 spiro atoms. The summed E-state index contributed by atoms with van der Waals surface area (Å²) in [6.45, 7) is 1.90. The zero-order valence-electron chi connectivity index (χ0n) is 8.02. The molecule has 0 unspecified atom stereocenters. The first-order chi connectivity index (χ1) is 6.93. The van der Waals surface area contributed by atoms with E-state index in [0.717, 1.165) is 13.0 Å². The number of nitrogens with one attached hydrogen (secondary N) is 1. The molecule has 78 valence electrons. The minimum atomic E-state index is 0.0786. The van der Waals surface area contributed by atoms with E-state index in [1.54, 1.807) is 18.5 Å². The molecule has 0 aliphatic rings. The molecule has 0 radical (unpaired) electrons. The number of ether oxygens (including phenoxy) is 1. The van der Waals surface area contributed by atoms with Crippen LogP contribution < -0.4 is 5.32 Å². The summed E-state index contributed by atoms with van der Waals surface area (Å²) in [4.78, 5) is 8.02. The maximum atomic E-state index is 8.44. The fourth-order valence-corrected chi connectivity index (χ4v) is 0.931. The Morgan fingerprint density at radius 2 is 2.07 bits per heavy atom. The second kappa shape index (κ2) is 7.23. The lowest BCUT2D eigenvalue weighted by molar-refractivity contribution is 0.0921. The third kappa shape index (κ3) is 4.74. The molecule has 0 amide bonds. The largest absolute Gasteiger partial charge is 0.394 e. The molecule has 0 saturated heterocycles. The van der Waals surface area contributed by atoms with Crippen molar-refractivity contribution < 1.29 is 9.84 Å². The summed E-state index contributed by atoms with van der Waals surface area (Å²) < 4.78 is 5.09. The van der Waals surface area contributed by atoms with E-state index in [2.05, 4.69) is 15.3 Å². The molecule has 0 fully saturated rings. The van der Waals surface area contributed by atoms with Crippen molar-refractivity contribution in [1.29, 1.82) is 0 Å². The van der Waals surface area contributed by atoms with Gasteiger partial charge in [-0.25, -0.2) is 9.97 Å². The van der Waals surface area contributed by atoms with Crippen molar-refractivity contribution in [3.63, 3.8) is 0 Å². The second-order valence-electron chi connectivity index (χ2n) is 2.69. The summed E-state index contributed by atoms with van der Waals surface area (Å²) in [6.07, 6.45) is 4.26. The Morgan fingerprint density at radius 3 is 2.79 bits per heavy atom. The first-order valence-electron chi connectivity index (χ1n) is 4.63. The number of aliphatic hydroxyl groups excluding tert-OH is 1. The molecule has 1 rings (SSSR count). The predicted molar refractivity (Wildman–Crippen MR) is 53.0 cm³/mol. The van der Waals surface area contributed by atoms with Crippen LogP contribution in [0.1, 0.15) is 6.42 Å². The highest BCUT2D eigenvalue weighted by Crippen LogP contribution is 1.93. The average Bonchev–Trinajstić information content (AvgIpc) is 2.25. The van der Waals surface area contributed by atoms with Gasteiger partial charge in [-0.1, -0.05) is 0 Å². The summed E-state index contributed by atoms with van der Waals surface area (Å²) >= 11 is 0. The van der Waals surface area contributed by atoms with E-state index < -0.39 is 0 Å². The summed E-state index contributed by atoms with van der Waals surface area (Å²) in [5, 5.41) is 11.5. The van der Waals surface area contributed by atoms with Crippen LogP contribution in [0, 0.1) is 0 Å². The van der Waals surface area contributed by atoms with Gasteiger partial charge in [0.1, 0.15) is 0 Å². The second-order valence-corrected chi connectivity index (χ2v) is 2.69. The maximum Gasteiger partial charge on any atom is 0.222 e. The van der Waals surface area contributed by atoms with Gasteiger partial charge in [0.15, 0.2) is 0 Å². The van der Waals surface area contributed by atoms with Crippen molar-refractivity contribution in [1.82, 2.24) is 9.97 Å². The molecule has 0 atom stereocenters. The highest BCUT2D eigenvalue weighted by molar-refractivity contribution is 5.21. The number of nitrogens with zero attached hydrogens (tertiary/aromatic N) is 2. The Labute approximate surface area is 83.2 Å². The molecular formula is C9H15N3O2. The first kappa shape index (κ1) is 10.9. The molecule has 1 aromatic rings. The summed E-state index contributed by atoms with van der Waals surface area (Å²) in [7, 11) is 0. The van der Waals surface area contributed by atoms with Crippen LogP contribution in [0.5, 0.6) is 0 Å². The topological polar surface area (TPSA) is 67.3 Å². The number of anilines is 1. The summed E-state index contributed by atoms with van der Waals surface area (Å²) in [5.41, 5.74) is 0. The van der Waals surface area contributed by atoms with Gasteiger partial charge in [-0.3, -0.25) is 0 Å². The standard InChI is InChI=1S/C9H15N3O2/c13-6-8-14-7-2-5-12-9-10-3-1-4-11-9/h1,3-4,13H,2,5-8H2,(H,10,11,12). The smallest absolute Gasteiger partial charge is 0.222 e. The van der Waals surface area contributed by atoms with E-state index in [0.29, 0.717) is 19.2 Å². The normalized spacial score (nSPS) is 10.1. The predicted octanol–water partition coefficient (Wildman–Crippen LogP) is 0.287. The Kier molecular flexibility index (Phi) is 5.62. The lowest BCUT2D eigenvalue weighted by Gasteiger charge is -2.04. The Balaban J connectivity index is 1.99. The van der Waals surface area contributed by atoms with Gasteiger partial charge in [0.2, 0.25) is 5.95 Å². The zero-order valence-corrected chi connectivity index (χ0v) is 8.02. The van der Waals surface area contributed by atoms with E-state index in [-0.39, 0.29) is 6.61 Å². The Hall–Kier alpha value is -1.20. The van der Waals surface area contributed by atoms with Gasteiger partial charge in [-0.2, -0.15) is 0 Å². The van der Waals surface area contributed by atoms with E-state index in [4.69, 9.17) is 9.84 Å². The minimum absolute atomic E-state index is 0.0786. The average molecular weight is 197 g/mol. The zero-order chi connectivity index (χ0) is 10.1. The number of aromatic nitrogens is 2. The summed E-state index contributed by atoms with van der Waals surface area (Å²) in [6, 6.07) is 1.77. The minimum Gasteiger partial charge on any atom is -0.394 e. The highest BCUT2D eigenvalue weighted by atomic mass is 16.5. The number of aliphatic hydroxyl groups is 1. The lowest BCUT2D eigenvalue weighted by atomic mass is 10.4. The summed E-state index contributed by atoms with van der Waals surface area (Å²) in [5.74, 6) is 0.634. The molecule has 5 nitrogen and oxygen atoms in total. The molecule has 1 heterocycles. The molecule has 2 N–H and O–H groups in total. The fraction of sp³-hybridized carbons (Fsp3) is 0.556. The van der Waals surface area contributed by atoms with Gasteiger partial charge in [0.05, 0.1) is 13.2 Å². The van der Waals surface area contributed by atoms with Crippen molar-refractivity contribution in [2.24, 2.45) is 0 Å². The van der Waals surface area contributed by atoms with Gasteiger partial charge in [0.25, 0.3) is 0 Å². The van der Waals surface area contributed by atoms with Crippen molar-refractivity contribution in [2.75, 3.05) is 31.7 Å². The van der Waals surface area contributed by atoms with Crippen molar-refractivity contribution in [3.05, 3.63) is 18.5 Å². The third-order valence-electron chi connectivity index (χ3n) is 1.55. The molecule has 0 aromatic carbocycles. The molecular weight excluding hydrogens is 182 g/mol. The van der Waals surface area contributed by atoms with Gasteiger partial charge in [0, 0.05) is 25.5 Å². The molecule has 0 aliphatic carbocycles. The quantitative estimate of drug-likeness (QED) is 0.615. The van der Waals surface area contributed by atoms with Crippen molar-refractivity contribution in [3.8, 4) is 0 Å². The fourth-order valence-electron chi connectivity index (χ4n) is 0.931. The van der Waals surface area contributed by atoms with Crippen molar-refractivity contribution >= 4 is 5.95 Å². The van der Waals surface area contributed by atoms with E-state index in [1.807, 2.05) is 0 Å². The van der Waals surface area contributed by atoms with E-state index >= 15 is 0 Å². The highest BCUT2D eigenvalue weighted by Gasteiger charge is 1.92. The van der Waals surface area contributed by atoms with Crippen molar-refractivity contribution in [2.45, 2.75) is 6.42 Å². The lowest BCUT2D eigenvalue weighted by Crippen LogP contribution is -2.09. The van der Waals surface area contributed by atoms with Crippen LogP contribution in [0.3, 0.4) is 0 Å². The van der Waals surface area contributed by atoms with E-state index in [9.17, 15) is 0 Å². The number of hydrogen-bond acceptors (Lipinski definition) is 5. The first-order valence-corrected chi connectivity index (χ1v) is 4.63. The van der Waals surface area contributed by atoms with Crippen LogP contribution in [0.4, 0.5) is 5.95 Å². The molecule has 0 bridgehead atoms. The maximum absolute atomic E-state index is 8.44. The molecule has 5 heteroatoms. The van der Waals surface area contributed by atoms with Gasteiger partial charge in [-0.15, -0.1) is 0 Å². The SMILES string of the molecule is OCCOCCCNc1ncccn1. The molecule has 1 aromatic heterocycles. The number of rotatable bonds is 7. The van der Waals surface area contributed by atoms with Crippen LogP contribution in [0.25, 0.3) is 0 Å². The van der Waals surface area contributed by atoms with Crippen LogP contribution in [-0.2, 0) is 4.74 Å². The molecule has 0 saturated carbocycles. The van der Waals surface area contributed by atoms with Gasteiger partial charge >= 0.3 is 0 Å². The van der Waals surface area contributed by atoms with Gasteiger partial charge < -0.3 is 15.2 Å². The van der Waals surface area contributed by atoms with Gasteiger partial charge in [-0.05, 0) is 12.5 Å². The number of hydrogen-bond donors (Lipinski definition) is 2. The molecule has 0 aliphatic heterocycles.